The van der Waals surface area contributed by atoms with Crippen LogP contribution in [-0.2, 0) is 32.0 Å². The van der Waals surface area contributed by atoms with E-state index >= 15 is 0 Å². The van der Waals surface area contributed by atoms with Crippen LogP contribution in [0.5, 0.6) is 0 Å². The van der Waals surface area contributed by atoms with Crippen LogP contribution in [0.1, 0.15) is 40.8 Å². The van der Waals surface area contributed by atoms with Gasteiger partial charge in [-0.1, -0.05) is 67.1 Å². The van der Waals surface area contributed by atoms with E-state index in [2.05, 4.69) is 81.7 Å². The van der Waals surface area contributed by atoms with Gasteiger partial charge >= 0.3 is 12.3 Å². The van der Waals surface area contributed by atoms with Gasteiger partial charge in [0, 0.05) is 0 Å². The number of nitrogens with zero attached hydrogens (tertiary/aromatic N) is 4. The van der Waals surface area contributed by atoms with Gasteiger partial charge in [-0.15, -0.1) is 5.10 Å². The topological polar surface area (TPSA) is 240 Å². The molecule has 42 heavy (non-hydrogen) atoms. The fourth-order valence-corrected chi connectivity index (χ4v) is 3.94. The number of benzene rings is 2. The summed E-state index contributed by atoms with van der Waals surface area (Å²) in [6.45, 7) is 4.14. The lowest BCUT2D eigenvalue weighted by Gasteiger charge is -2.09. The van der Waals surface area contributed by atoms with Gasteiger partial charge in [0.25, 0.3) is 0 Å². The SMILES string of the molecule is C.Cc1cccc(Cc2cc(N)nc(N)c2N)c1.Cc1cccc(Cc2cc(N)nc3n[nH]nc23)c1.O=C=O.O=C=O. The van der Waals surface area contributed by atoms with E-state index in [1.54, 1.807) is 6.07 Å². The Morgan fingerprint density at radius 1 is 0.690 bits per heavy atom. The summed E-state index contributed by atoms with van der Waals surface area (Å²) in [5.41, 5.74) is 31.7. The second kappa shape index (κ2) is 16.9. The smallest absolute Gasteiger partial charge is 0.373 e. The monoisotopic (exact) mass is 571 g/mol. The van der Waals surface area contributed by atoms with Crippen molar-refractivity contribution >= 4 is 46.6 Å². The lowest BCUT2D eigenvalue weighted by atomic mass is 10.0. The van der Waals surface area contributed by atoms with Crippen LogP contribution in [0.4, 0.5) is 23.1 Å². The summed E-state index contributed by atoms with van der Waals surface area (Å²) in [5, 5.41) is 10.7. The number of hydrogen-bond donors (Lipinski definition) is 5. The number of aromatic amines is 1. The van der Waals surface area contributed by atoms with Crippen LogP contribution in [0, 0.1) is 13.8 Å². The summed E-state index contributed by atoms with van der Waals surface area (Å²) in [6.07, 6.45) is 1.99. The van der Waals surface area contributed by atoms with Gasteiger partial charge in [-0.2, -0.15) is 29.5 Å². The predicted molar refractivity (Wildman–Crippen MR) is 158 cm³/mol. The molecule has 9 N–H and O–H groups in total. The van der Waals surface area contributed by atoms with E-state index in [9.17, 15) is 0 Å². The van der Waals surface area contributed by atoms with E-state index in [4.69, 9.17) is 42.1 Å². The largest absolute Gasteiger partial charge is 0.396 e. The molecule has 0 bridgehead atoms. The molecule has 0 spiro atoms. The van der Waals surface area contributed by atoms with Crippen LogP contribution < -0.4 is 22.9 Å². The van der Waals surface area contributed by atoms with E-state index in [-0.39, 0.29) is 19.7 Å². The average molecular weight is 572 g/mol. The van der Waals surface area contributed by atoms with Crippen molar-refractivity contribution in [2.75, 3.05) is 22.9 Å². The number of pyridine rings is 2. The number of anilines is 4. The van der Waals surface area contributed by atoms with Crippen molar-refractivity contribution in [1.29, 1.82) is 0 Å². The molecule has 0 saturated heterocycles. The van der Waals surface area contributed by atoms with Crippen LogP contribution >= 0.6 is 0 Å². The molecule has 0 aliphatic carbocycles. The van der Waals surface area contributed by atoms with Crippen LogP contribution in [0.2, 0.25) is 0 Å². The van der Waals surface area contributed by atoms with E-state index in [0.29, 0.717) is 35.2 Å². The Morgan fingerprint density at radius 3 is 1.69 bits per heavy atom. The number of aryl methyl sites for hydroxylation is 2. The number of nitrogens with one attached hydrogen (secondary N) is 1. The van der Waals surface area contributed by atoms with Crippen LogP contribution in [0.15, 0.2) is 60.7 Å². The normalized spacial score (nSPS) is 9.29. The molecule has 3 aromatic heterocycles. The molecule has 2 aromatic carbocycles. The van der Waals surface area contributed by atoms with Gasteiger partial charge in [0.1, 0.15) is 23.0 Å². The lowest BCUT2D eigenvalue weighted by Crippen LogP contribution is -2.05. The van der Waals surface area contributed by atoms with Crippen molar-refractivity contribution in [2.24, 2.45) is 0 Å². The zero-order valence-corrected chi connectivity index (χ0v) is 22.4. The number of rotatable bonds is 4. The average Bonchev–Trinajstić information content (AvgIpc) is 3.37. The summed E-state index contributed by atoms with van der Waals surface area (Å²) in [5.74, 6) is 1.17. The van der Waals surface area contributed by atoms with Crippen molar-refractivity contribution in [3.05, 3.63) is 94.0 Å². The van der Waals surface area contributed by atoms with Crippen molar-refractivity contribution in [1.82, 2.24) is 25.4 Å². The van der Waals surface area contributed by atoms with Gasteiger partial charge in [-0.3, -0.25) is 0 Å². The van der Waals surface area contributed by atoms with E-state index < -0.39 is 0 Å². The predicted octanol–water partition coefficient (Wildman–Crippen LogP) is 3.03. The summed E-state index contributed by atoms with van der Waals surface area (Å²) in [7, 11) is 0. The first-order valence-electron chi connectivity index (χ1n) is 12.0. The molecule has 0 atom stereocenters. The summed E-state index contributed by atoms with van der Waals surface area (Å²) < 4.78 is 0. The Labute approximate surface area is 242 Å². The second-order valence-electron chi connectivity index (χ2n) is 8.71. The number of nitrogens with two attached hydrogens (primary N) is 4. The Kier molecular flexibility index (Phi) is 13.8. The molecule has 0 unspecified atom stereocenters. The standard InChI is InChI=1S/C13H13N5.C13H16N4.2CO2.CH4/c1-8-3-2-4-9(5-8)6-10-7-11(14)15-13-12(10)16-18-17-13;1-8-3-2-4-9(5-8)6-10-7-11(14)17-13(16)12(10)15;2*2-1-3;/h2-5,7H,6H2,1H3,(H3,14,15,16,17,18);2-5,7H,6,15H2,1H3,(H4,14,16,17);;;1H4. The van der Waals surface area contributed by atoms with E-state index in [1.165, 1.54) is 22.3 Å². The molecule has 13 nitrogen and oxygen atoms in total. The van der Waals surface area contributed by atoms with Crippen LogP contribution in [0.3, 0.4) is 0 Å². The maximum Gasteiger partial charge on any atom is 0.373 e. The number of nitrogen functional groups attached to an aromatic ring is 4. The molecular formula is C29H33N9O4. The Morgan fingerprint density at radius 2 is 1.17 bits per heavy atom. The fraction of sp³-hybridized carbons (Fsp3) is 0.172. The molecule has 0 saturated carbocycles. The molecule has 5 rings (SSSR count). The molecule has 3 heterocycles. The highest BCUT2D eigenvalue weighted by molar-refractivity contribution is 5.76. The molecule has 13 heteroatoms. The highest BCUT2D eigenvalue weighted by Gasteiger charge is 2.09. The van der Waals surface area contributed by atoms with Crippen molar-refractivity contribution in [2.45, 2.75) is 34.1 Å². The Hall–Kier alpha value is -5.90. The molecule has 0 aliphatic heterocycles. The minimum atomic E-state index is 0. The molecule has 0 amide bonds. The third-order valence-electron chi connectivity index (χ3n) is 5.54. The van der Waals surface area contributed by atoms with Gasteiger partial charge in [-0.25, -0.2) is 9.97 Å². The quantitative estimate of drug-likeness (QED) is 0.209. The maximum absolute atomic E-state index is 8.12. The van der Waals surface area contributed by atoms with Crippen LogP contribution in [-0.4, -0.2) is 37.7 Å². The molecule has 218 valence electrons. The number of fused-ring (bicyclic) bond motifs is 1. The molecule has 0 radical (unpaired) electrons. The van der Waals surface area contributed by atoms with Gasteiger partial charge in [0.15, 0.2) is 0 Å². The zero-order chi connectivity index (χ0) is 30.4. The first kappa shape index (κ1) is 34.1. The number of aromatic nitrogens is 5. The third-order valence-corrected chi connectivity index (χ3v) is 5.54. The highest BCUT2D eigenvalue weighted by Crippen LogP contribution is 2.23. The molecule has 0 aliphatic rings. The van der Waals surface area contributed by atoms with Gasteiger partial charge in [0.2, 0.25) is 5.65 Å². The van der Waals surface area contributed by atoms with Crippen molar-refractivity contribution < 1.29 is 19.2 Å². The molecule has 0 fully saturated rings. The second-order valence-corrected chi connectivity index (χ2v) is 8.71. The third kappa shape index (κ3) is 10.3. The summed E-state index contributed by atoms with van der Waals surface area (Å²) in [6, 6.07) is 20.3. The number of hydrogen-bond acceptors (Lipinski definition) is 12. The Bertz CT molecular complexity index is 1660. The minimum Gasteiger partial charge on any atom is -0.396 e. The zero-order valence-electron chi connectivity index (χ0n) is 22.4. The first-order chi connectivity index (χ1) is 19.6. The number of carbonyl (C=O) groups excluding carboxylic acids is 4. The summed E-state index contributed by atoms with van der Waals surface area (Å²) >= 11 is 0. The maximum atomic E-state index is 8.12. The fourth-order valence-electron chi connectivity index (χ4n) is 3.94. The van der Waals surface area contributed by atoms with Gasteiger partial charge < -0.3 is 22.9 Å². The van der Waals surface area contributed by atoms with Crippen LogP contribution in [0.25, 0.3) is 11.2 Å². The van der Waals surface area contributed by atoms with Crippen molar-refractivity contribution in [3.8, 4) is 0 Å². The Balaban J connectivity index is 0.000000348. The molecule has 5 aromatic rings. The highest BCUT2D eigenvalue weighted by atomic mass is 16.2. The number of H-pyrrole nitrogens is 1. The van der Waals surface area contributed by atoms with E-state index in [1.807, 2.05) is 12.1 Å². The minimum absolute atomic E-state index is 0. The van der Waals surface area contributed by atoms with Gasteiger partial charge in [-0.05, 0) is 61.1 Å². The summed E-state index contributed by atoms with van der Waals surface area (Å²) in [4.78, 5) is 40.6. The first-order valence-corrected chi connectivity index (χ1v) is 12.0. The van der Waals surface area contributed by atoms with E-state index in [0.717, 1.165) is 23.1 Å². The lowest BCUT2D eigenvalue weighted by molar-refractivity contribution is -0.193. The van der Waals surface area contributed by atoms with Gasteiger partial charge in [0.05, 0.1) is 5.69 Å². The molecular weight excluding hydrogens is 538 g/mol. The van der Waals surface area contributed by atoms with Crippen molar-refractivity contribution in [3.63, 3.8) is 0 Å².